The summed E-state index contributed by atoms with van der Waals surface area (Å²) in [5.74, 6) is -0.586. The van der Waals surface area contributed by atoms with Crippen molar-refractivity contribution in [3.63, 3.8) is 0 Å². The van der Waals surface area contributed by atoms with Crippen LogP contribution < -0.4 is 0 Å². The van der Waals surface area contributed by atoms with Crippen LogP contribution in [0, 0.1) is 6.92 Å². The maximum atomic E-state index is 13.3. The van der Waals surface area contributed by atoms with Crippen LogP contribution in [-0.2, 0) is 19.6 Å². The van der Waals surface area contributed by atoms with Crippen molar-refractivity contribution in [1.29, 1.82) is 0 Å². The topological polar surface area (TPSA) is 63.7 Å². The number of halogens is 2. The lowest BCUT2D eigenvalue weighted by molar-refractivity contribution is -0.137. The molecule has 1 atom stereocenters. The van der Waals surface area contributed by atoms with Crippen LogP contribution in [0.4, 0.5) is 0 Å². The molecule has 1 aliphatic rings. The Kier molecular flexibility index (Phi) is 6.03. The summed E-state index contributed by atoms with van der Waals surface area (Å²) in [7, 11) is -3.90. The van der Waals surface area contributed by atoms with Crippen molar-refractivity contribution in [3.05, 3.63) is 75.4 Å². The summed E-state index contributed by atoms with van der Waals surface area (Å²) in [6.45, 7) is 3.77. The van der Waals surface area contributed by atoms with Gasteiger partial charge in [0, 0.05) is 18.2 Å². The molecule has 0 bridgehead atoms. The van der Waals surface area contributed by atoms with Crippen molar-refractivity contribution in [2.75, 3.05) is 6.61 Å². The monoisotopic (exact) mass is 439 g/mol. The molecular weight excluding hydrogens is 421 g/mol. The minimum absolute atomic E-state index is 0.135. The van der Waals surface area contributed by atoms with Crippen LogP contribution in [0.2, 0.25) is 10.0 Å². The minimum atomic E-state index is -3.90. The maximum Gasteiger partial charge on any atom is 0.332 e. The molecule has 1 saturated heterocycles. The molecule has 0 aliphatic carbocycles. The van der Waals surface area contributed by atoms with Crippen molar-refractivity contribution in [3.8, 4) is 0 Å². The van der Waals surface area contributed by atoms with Crippen LogP contribution in [0.5, 0.6) is 0 Å². The molecule has 2 aromatic rings. The molecule has 5 nitrogen and oxygen atoms in total. The quantitative estimate of drug-likeness (QED) is 0.491. The van der Waals surface area contributed by atoms with Gasteiger partial charge >= 0.3 is 5.97 Å². The highest BCUT2D eigenvalue weighted by Crippen LogP contribution is 2.48. The Bertz CT molecular complexity index is 1030. The molecule has 0 spiro atoms. The summed E-state index contributed by atoms with van der Waals surface area (Å²) in [6, 6.07) is 11.1. The Hall–Kier alpha value is -2.02. The predicted octanol–water partition coefficient (Wildman–Crippen LogP) is 4.88. The number of sulfonamides is 1. The Morgan fingerprint density at radius 3 is 2.54 bits per heavy atom. The second-order valence-electron chi connectivity index (χ2n) is 6.36. The molecule has 0 N–H and O–H groups in total. The third-order valence-corrected chi connectivity index (χ3v) is 7.17. The highest BCUT2D eigenvalue weighted by molar-refractivity contribution is 7.89. The molecule has 0 radical (unpaired) electrons. The van der Waals surface area contributed by atoms with Gasteiger partial charge in [-0.2, -0.15) is 0 Å². The third-order valence-electron chi connectivity index (χ3n) is 4.46. The Balaban J connectivity index is 2.06. The second kappa shape index (κ2) is 8.15. The first kappa shape index (κ1) is 20.7. The largest absolute Gasteiger partial charge is 0.463 e. The van der Waals surface area contributed by atoms with Crippen LogP contribution in [0.15, 0.2) is 59.1 Å². The van der Waals surface area contributed by atoms with Gasteiger partial charge in [0.25, 0.3) is 10.0 Å². The number of carbonyl (C=O) groups excluding carboxylic acids is 1. The molecule has 8 heteroatoms. The fourth-order valence-corrected chi connectivity index (χ4v) is 5.16. The lowest BCUT2D eigenvalue weighted by Crippen LogP contribution is -2.43. The van der Waals surface area contributed by atoms with E-state index in [0.717, 1.165) is 5.56 Å². The minimum Gasteiger partial charge on any atom is -0.463 e. The molecule has 1 heterocycles. The smallest absolute Gasteiger partial charge is 0.332 e. The van der Waals surface area contributed by atoms with Gasteiger partial charge in [-0.1, -0.05) is 53.0 Å². The fraction of sp³-hybridized carbons (Fsp3) is 0.250. The lowest BCUT2D eigenvalue weighted by Gasteiger charge is -2.44. The van der Waals surface area contributed by atoms with Gasteiger partial charge in [0.15, 0.2) is 0 Å². The van der Waals surface area contributed by atoms with E-state index in [4.69, 9.17) is 27.9 Å². The summed E-state index contributed by atoms with van der Waals surface area (Å²) < 4.78 is 32.8. The van der Waals surface area contributed by atoms with Gasteiger partial charge < -0.3 is 4.74 Å². The van der Waals surface area contributed by atoms with Gasteiger partial charge in [-0.15, -0.1) is 0 Å². The van der Waals surface area contributed by atoms with Crippen molar-refractivity contribution in [2.24, 2.45) is 0 Å². The zero-order valence-electron chi connectivity index (χ0n) is 15.4. The second-order valence-corrected chi connectivity index (χ2v) is 8.96. The number of carbonyl (C=O) groups is 1. The van der Waals surface area contributed by atoms with E-state index in [9.17, 15) is 13.2 Å². The van der Waals surface area contributed by atoms with Crippen LogP contribution in [0.1, 0.15) is 30.5 Å². The van der Waals surface area contributed by atoms with E-state index in [0.29, 0.717) is 27.7 Å². The van der Waals surface area contributed by atoms with Crippen molar-refractivity contribution >= 4 is 39.2 Å². The molecular formula is C20H19Cl2NO4S. The highest BCUT2D eigenvalue weighted by Gasteiger charge is 2.44. The van der Waals surface area contributed by atoms with Crippen molar-refractivity contribution in [1.82, 2.24) is 4.31 Å². The first-order valence-corrected chi connectivity index (χ1v) is 10.9. The molecule has 2 aromatic carbocycles. The Labute approximate surface area is 174 Å². The van der Waals surface area contributed by atoms with Gasteiger partial charge in [0.1, 0.15) is 0 Å². The van der Waals surface area contributed by atoms with Crippen molar-refractivity contribution < 1.29 is 17.9 Å². The lowest BCUT2D eigenvalue weighted by atomic mass is 9.94. The Morgan fingerprint density at radius 1 is 1.21 bits per heavy atom. The predicted molar refractivity (Wildman–Crippen MR) is 109 cm³/mol. The first-order valence-electron chi connectivity index (χ1n) is 8.68. The number of aryl methyl sites for hydroxylation is 1. The van der Waals surface area contributed by atoms with Crippen molar-refractivity contribution in [2.45, 2.75) is 31.2 Å². The van der Waals surface area contributed by atoms with E-state index in [1.54, 1.807) is 49.4 Å². The maximum absolute atomic E-state index is 13.3. The summed E-state index contributed by atoms with van der Waals surface area (Å²) in [4.78, 5) is 12.0. The van der Waals surface area contributed by atoms with Crippen LogP contribution in [0.3, 0.4) is 0 Å². The van der Waals surface area contributed by atoms with E-state index in [1.807, 2.05) is 6.92 Å². The number of nitrogens with zero attached hydrogens (tertiary/aromatic N) is 1. The number of rotatable bonds is 5. The highest BCUT2D eigenvalue weighted by atomic mass is 35.5. The number of esters is 1. The van der Waals surface area contributed by atoms with Crippen LogP contribution >= 0.6 is 23.2 Å². The summed E-state index contributed by atoms with van der Waals surface area (Å²) in [5, 5.41) is 0.642. The fourth-order valence-electron chi connectivity index (χ4n) is 3.06. The van der Waals surface area contributed by atoms with Gasteiger partial charge in [-0.3, -0.25) is 4.31 Å². The van der Waals surface area contributed by atoms with E-state index in [-0.39, 0.29) is 11.5 Å². The number of hydrogen-bond acceptors (Lipinski definition) is 4. The third kappa shape index (κ3) is 3.90. The first-order chi connectivity index (χ1) is 13.3. The van der Waals surface area contributed by atoms with Gasteiger partial charge in [0.2, 0.25) is 0 Å². The normalized spacial score (nSPS) is 18.1. The van der Waals surface area contributed by atoms with E-state index >= 15 is 0 Å². The molecule has 0 saturated carbocycles. The number of ether oxygens (including phenoxy) is 1. The van der Waals surface area contributed by atoms with E-state index < -0.39 is 22.0 Å². The summed E-state index contributed by atoms with van der Waals surface area (Å²) in [5.41, 5.74) is 1.88. The van der Waals surface area contributed by atoms with Gasteiger partial charge in [-0.05, 0) is 37.6 Å². The Morgan fingerprint density at radius 2 is 1.89 bits per heavy atom. The van der Waals surface area contributed by atoms with E-state index in [2.05, 4.69) is 0 Å². The average Bonchev–Trinajstić information content (AvgIpc) is 2.61. The zero-order valence-corrected chi connectivity index (χ0v) is 17.7. The molecule has 0 amide bonds. The zero-order chi connectivity index (χ0) is 20.5. The summed E-state index contributed by atoms with van der Waals surface area (Å²) in [6.07, 6.45) is 1.54. The summed E-state index contributed by atoms with van der Waals surface area (Å²) >= 11 is 12.4. The number of hydrogen-bond donors (Lipinski definition) is 0. The molecule has 1 unspecified atom stereocenters. The van der Waals surface area contributed by atoms with E-state index in [1.165, 1.54) is 10.4 Å². The average molecular weight is 440 g/mol. The standard InChI is InChI=1S/C20H19Cl2NO4S/c1-3-27-19(24)12-14-11-18(16-5-4-6-17(21)20(16)22)23(14)28(25,26)15-9-7-13(2)8-10-15/h4-10,12,18H,3,11H2,1-2H3/b14-12+. The molecule has 1 fully saturated rings. The molecule has 1 aliphatic heterocycles. The SMILES string of the molecule is CCOC(=O)/C=C1\CC(c2cccc(Cl)c2Cl)N1S(=O)(=O)c1ccc(C)cc1. The van der Waals surface area contributed by atoms with Gasteiger partial charge in [-0.25, -0.2) is 13.2 Å². The molecule has 28 heavy (non-hydrogen) atoms. The number of benzene rings is 2. The molecule has 3 rings (SSSR count). The molecule has 148 valence electrons. The molecule has 0 aromatic heterocycles. The van der Waals surface area contributed by atoms with Crippen LogP contribution in [0.25, 0.3) is 0 Å². The van der Waals surface area contributed by atoms with Gasteiger partial charge in [0.05, 0.1) is 27.6 Å². The van der Waals surface area contributed by atoms with Crippen LogP contribution in [-0.4, -0.2) is 25.3 Å².